The minimum absolute atomic E-state index is 0.00316. The molecule has 2 saturated heterocycles. The van der Waals surface area contributed by atoms with Crippen LogP contribution in [-0.4, -0.2) is 57.5 Å². The summed E-state index contributed by atoms with van der Waals surface area (Å²) in [4.78, 5) is 15.2. The summed E-state index contributed by atoms with van der Waals surface area (Å²) < 4.78 is 33.3. The lowest BCUT2D eigenvalue weighted by molar-refractivity contribution is 0.0680. The molecule has 2 atom stereocenters. The molecule has 142 valence electrons. The smallest absolute Gasteiger partial charge is 0.254 e. The molecule has 2 unspecified atom stereocenters. The minimum Gasteiger partial charge on any atom is -0.495 e. The standard InChI is InChI=1S/C18H25N3O4S/c1-25-16-7-2-12(10-17(16)26(23,24)20-13-3-4-13)18(22)21-14-5-6-15(21)11-19-9-8-14/h2,7,10,13-15,19-20H,3-6,8-9,11H2,1H3. The molecule has 3 fully saturated rings. The van der Waals surface area contributed by atoms with Gasteiger partial charge in [0.1, 0.15) is 10.6 Å². The highest BCUT2D eigenvalue weighted by atomic mass is 32.2. The number of nitrogens with zero attached hydrogens (tertiary/aromatic N) is 1. The van der Waals surface area contributed by atoms with Crippen LogP contribution in [0.25, 0.3) is 0 Å². The molecule has 0 aromatic heterocycles. The first kappa shape index (κ1) is 17.8. The van der Waals surface area contributed by atoms with Crippen molar-refractivity contribution in [3.8, 4) is 5.75 Å². The molecule has 2 aliphatic heterocycles. The van der Waals surface area contributed by atoms with Crippen LogP contribution in [0, 0.1) is 0 Å². The topological polar surface area (TPSA) is 87.7 Å². The van der Waals surface area contributed by atoms with Crippen LogP contribution in [0.4, 0.5) is 0 Å². The average molecular weight is 379 g/mol. The number of hydrogen-bond donors (Lipinski definition) is 2. The van der Waals surface area contributed by atoms with Crippen LogP contribution in [0.2, 0.25) is 0 Å². The molecule has 2 heterocycles. The monoisotopic (exact) mass is 379 g/mol. The number of methoxy groups -OCH3 is 1. The van der Waals surface area contributed by atoms with Gasteiger partial charge in [0.15, 0.2) is 0 Å². The Kier molecular flexibility index (Phi) is 4.66. The molecule has 1 aromatic carbocycles. The van der Waals surface area contributed by atoms with Gasteiger partial charge in [-0.2, -0.15) is 0 Å². The predicted molar refractivity (Wildman–Crippen MR) is 96.8 cm³/mol. The van der Waals surface area contributed by atoms with Crippen molar-refractivity contribution in [2.24, 2.45) is 0 Å². The molecule has 1 amide bonds. The van der Waals surface area contributed by atoms with E-state index in [9.17, 15) is 13.2 Å². The minimum atomic E-state index is -3.70. The number of carbonyl (C=O) groups excluding carboxylic acids is 1. The molecule has 0 spiro atoms. The van der Waals surface area contributed by atoms with Gasteiger partial charge in [0.25, 0.3) is 5.91 Å². The number of sulfonamides is 1. The Balaban J connectivity index is 1.66. The van der Waals surface area contributed by atoms with E-state index in [1.165, 1.54) is 13.2 Å². The van der Waals surface area contributed by atoms with Crippen LogP contribution in [-0.2, 0) is 10.0 Å². The summed E-state index contributed by atoms with van der Waals surface area (Å²) in [6, 6.07) is 5.11. The second-order valence-electron chi connectivity index (χ2n) is 7.35. The first-order valence-corrected chi connectivity index (χ1v) is 10.7. The fourth-order valence-corrected chi connectivity index (χ4v) is 5.47. The fourth-order valence-electron chi connectivity index (χ4n) is 3.97. The lowest BCUT2D eigenvalue weighted by atomic mass is 10.1. The zero-order valence-electron chi connectivity index (χ0n) is 14.9. The van der Waals surface area contributed by atoms with Crippen LogP contribution in [0.1, 0.15) is 42.5 Å². The Bertz CT molecular complexity index is 793. The summed E-state index contributed by atoms with van der Waals surface area (Å²) in [5.74, 6) is 0.168. The van der Waals surface area contributed by atoms with Crippen LogP contribution in [0.3, 0.4) is 0 Å². The number of nitrogens with one attached hydrogen (secondary N) is 2. The molecular weight excluding hydrogens is 354 g/mol. The lowest BCUT2D eigenvalue weighted by Gasteiger charge is -2.28. The molecule has 8 heteroatoms. The molecule has 2 N–H and O–H groups in total. The maximum atomic E-state index is 13.2. The highest BCUT2D eigenvalue weighted by Crippen LogP contribution is 2.32. The third-order valence-electron chi connectivity index (χ3n) is 5.49. The number of carbonyl (C=O) groups is 1. The van der Waals surface area contributed by atoms with Crippen LogP contribution < -0.4 is 14.8 Å². The zero-order chi connectivity index (χ0) is 18.3. The number of fused-ring (bicyclic) bond motifs is 2. The van der Waals surface area contributed by atoms with E-state index in [1.54, 1.807) is 12.1 Å². The average Bonchev–Trinajstić information content (AvgIpc) is 3.35. The maximum absolute atomic E-state index is 13.2. The van der Waals surface area contributed by atoms with Crippen molar-refractivity contribution in [1.82, 2.24) is 14.9 Å². The number of ether oxygens (including phenoxy) is 1. The van der Waals surface area contributed by atoms with E-state index in [0.717, 1.165) is 45.2 Å². The predicted octanol–water partition coefficient (Wildman–Crippen LogP) is 1.10. The van der Waals surface area contributed by atoms with Crippen LogP contribution >= 0.6 is 0 Å². The van der Waals surface area contributed by atoms with E-state index in [4.69, 9.17) is 4.74 Å². The quantitative estimate of drug-likeness (QED) is 0.800. The molecule has 7 nitrogen and oxygen atoms in total. The highest BCUT2D eigenvalue weighted by Gasteiger charge is 2.39. The van der Waals surface area contributed by atoms with Crippen molar-refractivity contribution in [3.63, 3.8) is 0 Å². The van der Waals surface area contributed by atoms with Gasteiger partial charge >= 0.3 is 0 Å². The first-order chi connectivity index (χ1) is 12.5. The first-order valence-electron chi connectivity index (χ1n) is 9.23. The molecule has 0 radical (unpaired) electrons. The molecule has 2 bridgehead atoms. The molecule has 4 rings (SSSR count). The lowest BCUT2D eigenvalue weighted by Crippen LogP contribution is -2.42. The van der Waals surface area contributed by atoms with Crippen LogP contribution in [0.15, 0.2) is 23.1 Å². The second kappa shape index (κ2) is 6.83. The van der Waals surface area contributed by atoms with E-state index in [1.807, 2.05) is 4.90 Å². The van der Waals surface area contributed by atoms with Gasteiger partial charge in [-0.3, -0.25) is 4.79 Å². The second-order valence-corrected chi connectivity index (χ2v) is 9.03. The number of amides is 1. The Labute approximate surface area is 154 Å². The van der Waals surface area contributed by atoms with Gasteiger partial charge < -0.3 is 15.0 Å². The molecule has 1 aliphatic carbocycles. The van der Waals surface area contributed by atoms with E-state index in [0.29, 0.717) is 5.56 Å². The van der Waals surface area contributed by atoms with Crippen molar-refractivity contribution >= 4 is 15.9 Å². The summed E-state index contributed by atoms with van der Waals surface area (Å²) in [6.45, 7) is 1.71. The van der Waals surface area contributed by atoms with E-state index < -0.39 is 10.0 Å². The Morgan fingerprint density at radius 3 is 2.69 bits per heavy atom. The summed E-state index contributed by atoms with van der Waals surface area (Å²) in [6.07, 6.45) is 4.65. The zero-order valence-corrected chi connectivity index (χ0v) is 15.7. The SMILES string of the molecule is COc1ccc(C(=O)N2C3CCNCC2CC3)cc1S(=O)(=O)NC1CC1. The fraction of sp³-hybridized carbons (Fsp3) is 0.611. The van der Waals surface area contributed by atoms with E-state index in [2.05, 4.69) is 10.0 Å². The molecular formula is C18H25N3O4S. The van der Waals surface area contributed by atoms with Gasteiger partial charge in [0, 0.05) is 30.2 Å². The Hall–Kier alpha value is -1.64. The largest absolute Gasteiger partial charge is 0.495 e. The van der Waals surface area contributed by atoms with E-state index in [-0.39, 0.29) is 34.7 Å². The van der Waals surface area contributed by atoms with Gasteiger partial charge in [-0.25, -0.2) is 13.1 Å². The number of rotatable bonds is 5. The molecule has 1 aromatic rings. The molecule has 3 aliphatic rings. The summed E-state index contributed by atoms with van der Waals surface area (Å²) in [5, 5.41) is 3.38. The highest BCUT2D eigenvalue weighted by molar-refractivity contribution is 7.89. The van der Waals surface area contributed by atoms with E-state index >= 15 is 0 Å². The Morgan fingerprint density at radius 2 is 1.96 bits per heavy atom. The summed E-state index contributed by atoms with van der Waals surface area (Å²) in [5.41, 5.74) is 0.403. The maximum Gasteiger partial charge on any atom is 0.254 e. The van der Waals surface area contributed by atoms with Gasteiger partial charge in [-0.1, -0.05) is 0 Å². The van der Waals surface area contributed by atoms with Gasteiger partial charge in [-0.05, 0) is 56.8 Å². The number of benzene rings is 1. The van der Waals surface area contributed by atoms with Crippen molar-refractivity contribution in [2.75, 3.05) is 20.2 Å². The molecule has 1 saturated carbocycles. The van der Waals surface area contributed by atoms with Gasteiger partial charge in [0.2, 0.25) is 10.0 Å². The van der Waals surface area contributed by atoms with Gasteiger partial charge in [-0.15, -0.1) is 0 Å². The van der Waals surface area contributed by atoms with Crippen LogP contribution in [0.5, 0.6) is 5.75 Å². The van der Waals surface area contributed by atoms with Crippen molar-refractivity contribution in [1.29, 1.82) is 0 Å². The summed E-state index contributed by atoms with van der Waals surface area (Å²) >= 11 is 0. The Morgan fingerprint density at radius 1 is 1.19 bits per heavy atom. The third-order valence-corrected chi connectivity index (χ3v) is 7.03. The third kappa shape index (κ3) is 3.33. The van der Waals surface area contributed by atoms with Gasteiger partial charge in [0.05, 0.1) is 7.11 Å². The summed E-state index contributed by atoms with van der Waals surface area (Å²) in [7, 11) is -2.27. The van der Waals surface area contributed by atoms with Crippen molar-refractivity contribution in [3.05, 3.63) is 23.8 Å². The normalized spacial score (nSPS) is 25.8. The van der Waals surface area contributed by atoms with Crippen molar-refractivity contribution < 1.29 is 17.9 Å². The number of hydrogen-bond acceptors (Lipinski definition) is 5. The van der Waals surface area contributed by atoms with Crippen molar-refractivity contribution in [2.45, 2.75) is 55.1 Å². The molecule has 26 heavy (non-hydrogen) atoms.